The summed E-state index contributed by atoms with van der Waals surface area (Å²) in [6.45, 7) is -0.542. The van der Waals surface area contributed by atoms with Crippen LogP contribution >= 0.6 is 23.2 Å². The number of likely N-dealkylation sites (N-methyl/N-ethyl adjacent to an activating group) is 1. The zero-order valence-electron chi connectivity index (χ0n) is 22.3. The summed E-state index contributed by atoms with van der Waals surface area (Å²) < 4.78 is 28.7. The van der Waals surface area contributed by atoms with E-state index in [2.05, 4.69) is 5.32 Å². The molecular weight excluding hydrogens is 581 g/mol. The Morgan fingerprint density at radius 1 is 0.780 bits per heavy atom. The second kappa shape index (κ2) is 13.7. The third kappa shape index (κ3) is 7.47. The van der Waals surface area contributed by atoms with Gasteiger partial charge in [-0.25, -0.2) is 8.42 Å². The Kier molecular flexibility index (Phi) is 10.0. The average molecular weight is 611 g/mol. The first-order chi connectivity index (χ1) is 19.7. The fourth-order valence-electron chi connectivity index (χ4n) is 4.40. The van der Waals surface area contributed by atoms with Gasteiger partial charge in [0.05, 0.1) is 20.6 Å². The summed E-state index contributed by atoms with van der Waals surface area (Å²) in [6, 6.07) is 29.6. The predicted octanol–water partition coefficient (Wildman–Crippen LogP) is 5.57. The van der Waals surface area contributed by atoms with Crippen molar-refractivity contribution in [2.24, 2.45) is 0 Å². The van der Waals surface area contributed by atoms with Gasteiger partial charge in [-0.1, -0.05) is 96.0 Å². The van der Waals surface area contributed by atoms with E-state index in [1.165, 1.54) is 24.1 Å². The molecule has 0 spiro atoms. The van der Waals surface area contributed by atoms with E-state index in [-0.39, 0.29) is 23.8 Å². The van der Waals surface area contributed by atoms with Gasteiger partial charge < -0.3 is 10.2 Å². The Labute approximate surface area is 250 Å². The maximum Gasteiger partial charge on any atom is 0.264 e. The predicted molar refractivity (Wildman–Crippen MR) is 162 cm³/mol. The molecule has 0 radical (unpaired) electrons. The molecule has 212 valence electrons. The van der Waals surface area contributed by atoms with Gasteiger partial charge in [-0.2, -0.15) is 0 Å². The Bertz CT molecular complexity index is 1590. The fourth-order valence-corrected chi connectivity index (χ4v) is 6.15. The number of benzene rings is 4. The summed E-state index contributed by atoms with van der Waals surface area (Å²) >= 11 is 12.4. The molecule has 0 saturated carbocycles. The molecule has 41 heavy (non-hydrogen) atoms. The van der Waals surface area contributed by atoms with Crippen LogP contribution in [0.15, 0.2) is 114 Å². The molecule has 1 unspecified atom stereocenters. The third-order valence-corrected chi connectivity index (χ3v) is 9.04. The maximum absolute atomic E-state index is 14.2. The topological polar surface area (TPSA) is 86.8 Å². The number of nitrogens with one attached hydrogen (secondary N) is 1. The number of halogens is 2. The largest absolute Gasteiger partial charge is 0.357 e. The van der Waals surface area contributed by atoms with Crippen molar-refractivity contribution in [2.75, 3.05) is 17.9 Å². The molecule has 0 heterocycles. The van der Waals surface area contributed by atoms with Crippen LogP contribution in [-0.4, -0.2) is 44.8 Å². The van der Waals surface area contributed by atoms with Crippen molar-refractivity contribution in [1.29, 1.82) is 0 Å². The molecule has 7 nitrogen and oxygen atoms in total. The van der Waals surface area contributed by atoms with Crippen molar-refractivity contribution >= 4 is 50.7 Å². The van der Waals surface area contributed by atoms with Gasteiger partial charge in [0.1, 0.15) is 12.6 Å². The smallest absolute Gasteiger partial charge is 0.264 e. The molecule has 0 aromatic heterocycles. The standard InChI is InChI=1S/C31H29Cl2N3O4S/c1-34-31(38)29(20-23-11-5-2-6-12-23)35(21-24-17-18-27(32)28(33)19-24)30(37)22-36(25-13-7-3-8-14-25)41(39,40)26-15-9-4-10-16-26/h2-19,29H,20-22H2,1H3,(H,34,38). The molecular formula is C31H29Cl2N3O4S. The van der Waals surface area contributed by atoms with Crippen LogP contribution in [-0.2, 0) is 32.6 Å². The van der Waals surface area contributed by atoms with Crippen molar-refractivity contribution in [1.82, 2.24) is 10.2 Å². The maximum atomic E-state index is 14.2. The van der Waals surface area contributed by atoms with E-state index in [0.717, 1.165) is 9.87 Å². The summed E-state index contributed by atoms with van der Waals surface area (Å²) in [6.07, 6.45) is 0.213. The number of nitrogens with zero attached hydrogens (tertiary/aromatic N) is 2. The van der Waals surface area contributed by atoms with Crippen molar-refractivity contribution in [3.63, 3.8) is 0 Å². The first-order valence-corrected chi connectivity index (χ1v) is 15.0. The first kappa shape index (κ1) is 30.1. The van der Waals surface area contributed by atoms with Crippen molar-refractivity contribution in [2.45, 2.75) is 23.9 Å². The molecule has 1 atom stereocenters. The second-order valence-electron chi connectivity index (χ2n) is 9.25. The Morgan fingerprint density at radius 3 is 1.95 bits per heavy atom. The third-order valence-electron chi connectivity index (χ3n) is 6.51. The molecule has 0 aliphatic rings. The van der Waals surface area contributed by atoms with Gasteiger partial charge in [-0.3, -0.25) is 13.9 Å². The molecule has 0 aliphatic heterocycles. The summed E-state index contributed by atoms with van der Waals surface area (Å²) in [7, 11) is -2.63. The molecule has 0 bridgehead atoms. The van der Waals surface area contributed by atoms with Crippen LogP contribution in [0.2, 0.25) is 10.0 Å². The van der Waals surface area contributed by atoms with Crippen LogP contribution in [0.1, 0.15) is 11.1 Å². The number of hydrogen-bond donors (Lipinski definition) is 1. The highest BCUT2D eigenvalue weighted by atomic mass is 35.5. The second-order valence-corrected chi connectivity index (χ2v) is 11.9. The lowest BCUT2D eigenvalue weighted by Crippen LogP contribution is -2.53. The van der Waals surface area contributed by atoms with Crippen LogP contribution < -0.4 is 9.62 Å². The van der Waals surface area contributed by atoms with E-state index in [9.17, 15) is 18.0 Å². The highest BCUT2D eigenvalue weighted by Crippen LogP contribution is 2.26. The SMILES string of the molecule is CNC(=O)C(Cc1ccccc1)N(Cc1ccc(Cl)c(Cl)c1)C(=O)CN(c1ccccc1)S(=O)(=O)c1ccccc1. The summed E-state index contributed by atoms with van der Waals surface area (Å²) in [5.41, 5.74) is 1.79. The van der Waals surface area contributed by atoms with Crippen molar-refractivity contribution < 1.29 is 18.0 Å². The number of hydrogen-bond acceptors (Lipinski definition) is 4. The lowest BCUT2D eigenvalue weighted by Gasteiger charge is -2.33. The van der Waals surface area contributed by atoms with E-state index in [1.807, 2.05) is 30.3 Å². The molecule has 4 aromatic carbocycles. The van der Waals surface area contributed by atoms with Crippen LogP contribution in [0.4, 0.5) is 5.69 Å². The summed E-state index contributed by atoms with van der Waals surface area (Å²) in [4.78, 5) is 28.9. The van der Waals surface area contributed by atoms with Crippen LogP contribution in [0.5, 0.6) is 0 Å². The van der Waals surface area contributed by atoms with Crippen LogP contribution in [0.3, 0.4) is 0 Å². The minimum atomic E-state index is -4.13. The lowest BCUT2D eigenvalue weighted by molar-refractivity contribution is -0.139. The number of anilines is 1. The summed E-state index contributed by atoms with van der Waals surface area (Å²) in [5.74, 6) is -0.955. The van der Waals surface area contributed by atoms with Gasteiger partial charge in [0.2, 0.25) is 11.8 Å². The average Bonchev–Trinajstić information content (AvgIpc) is 3.00. The highest BCUT2D eigenvalue weighted by molar-refractivity contribution is 7.92. The first-order valence-electron chi connectivity index (χ1n) is 12.8. The number of carbonyl (C=O) groups excluding carboxylic acids is 2. The van der Waals surface area contributed by atoms with E-state index in [4.69, 9.17) is 23.2 Å². The number of rotatable bonds is 11. The Hall–Kier alpha value is -3.85. The normalized spacial score (nSPS) is 11.9. The van der Waals surface area contributed by atoms with E-state index >= 15 is 0 Å². The van der Waals surface area contributed by atoms with E-state index in [1.54, 1.807) is 66.7 Å². The number of para-hydroxylation sites is 1. The van der Waals surface area contributed by atoms with Gasteiger partial charge in [0, 0.05) is 20.0 Å². The fraction of sp³-hybridized carbons (Fsp3) is 0.161. The monoisotopic (exact) mass is 609 g/mol. The minimum absolute atomic E-state index is 0.00530. The van der Waals surface area contributed by atoms with Gasteiger partial charge >= 0.3 is 0 Å². The van der Waals surface area contributed by atoms with E-state index in [0.29, 0.717) is 21.3 Å². The number of amides is 2. The zero-order valence-corrected chi connectivity index (χ0v) is 24.6. The molecule has 1 N–H and O–H groups in total. The number of sulfonamides is 1. The highest BCUT2D eigenvalue weighted by Gasteiger charge is 2.34. The van der Waals surface area contributed by atoms with Gasteiger partial charge in [0.25, 0.3) is 10.0 Å². The quantitative estimate of drug-likeness (QED) is 0.241. The molecule has 0 saturated heterocycles. The van der Waals surface area contributed by atoms with Crippen LogP contribution in [0, 0.1) is 0 Å². The van der Waals surface area contributed by atoms with Crippen molar-refractivity contribution in [3.05, 3.63) is 130 Å². The van der Waals surface area contributed by atoms with E-state index < -0.39 is 28.5 Å². The molecule has 0 aliphatic carbocycles. The Morgan fingerprint density at radius 2 is 1.37 bits per heavy atom. The molecule has 4 aromatic rings. The minimum Gasteiger partial charge on any atom is -0.357 e. The molecule has 0 fully saturated rings. The van der Waals surface area contributed by atoms with Crippen LogP contribution in [0.25, 0.3) is 0 Å². The molecule has 10 heteroatoms. The van der Waals surface area contributed by atoms with Crippen molar-refractivity contribution in [3.8, 4) is 0 Å². The number of carbonyl (C=O) groups is 2. The zero-order chi connectivity index (χ0) is 29.4. The van der Waals surface area contributed by atoms with Gasteiger partial charge in [-0.15, -0.1) is 0 Å². The summed E-state index contributed by atoms with van der Waals surface area (Å²) in [5, 5.41) is 3.31. The molecule has 4 rings (SSSR count). The Balaban J connectivity index is 1.77. The lowest BCUT2D eigenvalue weighted by atomic mass is 10.0. The van der Waals surface area contributed by atoms with Gasteiger partial charge in [-0.05, 0) is 47.5 Å². The molecule has 2 amide bonds. The van der Waals surface area contributed by atoms with Gasteiger partial charge in [0.15, 0.2) is 0 Å².